The molecule has 6 nitrogen and oxygen atoms in total. The summed E-state index contributed by atoms with van der Waals surface area (Å²) in [6, 6.07) is 15.4. The molecule has 0 spiro atoms. The molecule has 0 atom stereocenters. The summed E-state index contributed by atoms with van der Waals surface area (Å²) in [5.41, 5.74) is 1.88. The first-order chi connectivity index (χ1) is 12.5. The number of carbonyl (C=O) groups is 1. The zero-order valence-electron chi connectivity index (χ0n) is 13.4. The second kappa shape index (κ2) is 7.67. The molecule has 0 amide bonds. The van der Waals surface area contributed by atoms with Gasteiger partial charge < -0.3 is 0 Å². The number of nitro benzene ring substituents is 1. The Kier molecular flexibility index (Phi) is 5.15. The normalized spacial score (nSPS) is 10.8. The predicted molar refractivity (Wildman–Crippen MR) is 99.7 cm³/mol. The number of hydrogen-bond acceptors (Lipinski definition) is 5. The van der Waals surface area contributed by atoms with Gasteiger partial charge in [0.2, 0.25) is 0 Å². The minimum absolute atomic E-state index is 0.0199. The van der Waals surface area contributed by atoms with Crippen LogP contribution in [0.3, 0.4) is 0 Å². The molecule has 2 aromatic carbocycles. The maximum Gasteiger partial charge on any atom is 0.270 e. The first kappa shape index (κ1) is 17.4. The van der Waals surface area contributed by atoms with Crippen LogP contribution in [0.25, 0.3) is 23.5 Å². The van der Waals surface area contributed by atoms with Crippen molar-refractivity contribution in [2.45, 2.75) is 0 Å². The van der Waals surface area contributed by atoms with Crippen molar-refractivity contribution in [3.05, 3.63) is 87.7 Å². The van der Waals surface area contributed by atoms with E-state index in [0.29, 0.717) is 17.1 Å². The highest BCUT2D eigenvalue weighted by Gasteiger charge is 2.12. The van der Waals surface area contributed by atoms with Gasteiger partial charge in [0.05, 0.1) is 16.2 Å². The number of aromatic nitrogens is 2. The third-order valence-electron chi connectivity index (χ3n) is 3.58. The van der Waals surface area contributed by atoms with E-state index in [4.69, 9.17) is 11.6 Å². The Labute approximate surface area is 154 Å². The van der Waals surface area contributed by atoms with Crippen molar-refractivity contribution >= 4 is 34.7 Å². The summed E-state index contributed by atoms with van der Waals surface area (Å²) in [7, 11) is 0. The molecule has 0 saturated heterocycles. The van der Waals surface area contributed by atoms with Gasteiger partial charge in [-0.2, -0.15) is 0 Å². The summed E-state index contributed by atoms with van der Waals surface area (Å²) in [5.74, 6) is 0.450. The molecule has 0 aliphatic rings. The van der Waals surface area contributed by atoms with Gasteiger partial charge in [0.1, 0.15) is 0 Å². The molecule has 0 aliphatic heterocycles. The van der Waals surface area contributed by atoms with Crippen LogP contribution in [-0.4, -0.2) is 20.1 Å². The lowest BCUT2D eigenvalue weighted by Crippen LogP contribution is -2.00. The fourth-order valence-corrected chi connectivity index (χ4v) is 2.46. The van der Waals surface area contributed by atoms with Crippen molar-refractivity contribution in [3.63, 3.8) is 0 Å². The maximum absolute atomic E-state index is 11.6. The molecule has 1 aromatic heterocycles. The summed E-state index contributed by atoms with van der Waals surface area (Å²) in [5, 5.41) is 10.2. The number of carbonyl (C=O) groups excluding carboxylic acids is 1. The van der Waals surface area contributed by atoms with E-state index in [-0.39, 0.29) is 11.3 Å². The third-order valence-corrected chi connectivity index (χ3v) is 3.78. The molecule has 0 N–H and O–H groups in total. The molecule has 3 aromatic rings. The van der Waals surface area contributed by atoms with Crippen LogP contribution in [0.4, 0.5) is 5.69 Å². The Morgan fingerprint density at radius 1 is 1.08 bits per heavy atom. The zero-order valence-corrected chi connectivity index (χ0v) is 14.1. The van der Waals surface area contributed by atoms with Crippen LogP contribution in [0, 0.1) is 10.1 Å². The van der Waals surface area contributed by atoms with E-state index in [1.165, 1.54) is 18.3 Å². The molecule has 0 radical (unpaired) electrons. The van der Waals surface area contributed by atoms with Gasteiger partial charge in [0, 0.05) is 23.9 Å². The number of nitrogens with zero attached hydrogens (tertiary/aromatic N) is 3. The summed E-state index contributed by atoms with van der Waals surface area (Å²) < 4.78 is 0. The van der Waals surface area contributed by atoms with Gasteiger partial charge in [-0.05, 0) is 23.2 Å². The number of halogens is 1. The molecule has 0 bridgehead atoms. The van der Waals surface area contributed by atoms with Gasteiger partial charge in [-0.25, -0.2) is 9.97 Å². The van der Waals surface area contributed by atoms with Crippen LogP contribution in [0.2, 0.25) is 0 Å². The predicted octanol–water partition coefficient (Wildman–Crippen LogP) is 4.60. The lowest BCUT2D eigenvalue weighted by molar-refractivity contribution is -0.384. The summed E-state index contributed by atoms with van der Waals surface area (Å²) in [6.45, 7) is 0. The lowest BCUT2D eigenvalue weighted by atomic mass is 10.1. The summed E-state index contributed by atoms with van der Waals surface area (Å²) in [4.78, 5) is 30.6. The molecule has 7 heteroatoms. The lowest BCUT2D eigenvalue weighted by Gasteiger charge is -2.04. The average molecular weight is 366 g/mol. The second-order valence-corrected chi connectivity index (χ2v) is 5.66. The number of rotatable bonds is 5. The van der Waals surface area contributed by atoms with E-state index in [1.54, 1.807) is 24.3 Å². The SMILES string of the molecule is O=C(Cl)c1cnc(-c2ccccc2)nc1/C=C/c1cccc([N+](=O)[O-])c1. The van der Waals surface area contributed by atoms with Crippen molar-refractivity contribution < 1.29 is 9.72 Å². The molecular weight excluding hydrogens is 354 g/mol. The molecule has 0 fully saturated rings. The van der Waals surface area contributed by atoms with Crippen LogP contribution in [-0.2, 0) is 0 Å². The van der Waals surface area contributed by atoms with E-state index in [0.717, 1.165) is 5.56 Å². The van der Waals surface area contributed by atoms with Crippen molar-refractivity contribution in [1.29, 1.82) is 0 Å². The Morgan fingerprint density at radius 3 is 2.54 bits per heavy atom. The fraction of sp³-hybridized carbons (Fsp3) is 0. The molecule has 26 heavy (non-hydrogen) atoms. The topological polar surface area (TPSA) is 86.0 Å². The molecule has 1 heterocycles. The average Bonchev–Trinajstić information content (AvgIpc) is 2.67. The molecule has 128 valence electrons. The highest BCUT2D eigenvalue weighted by Crippen LogP contribution is 2.20. The third kappa shape index (κ3) is 3.99. The standard InChI is InChI=1S/C19H12ClN3O3/c20-18(24)16-12-21-19(14-6-2-1-3-7-14)22-17(16)10-9-13-5-4-8-15(11-13)23(25)26/h1-12H/b10-9+. The van der Waals surface area contributed by atoms with Crippen LogP contribution < -0.4 is 0 Å². The molecule has 3 rings (SSSR count). The van der Waals surface area contributed by atoms with Gasteiger partial charge in [-0.15, -0.1) is 0 Å². The maximum atomic E-state index is 11.6. The first-order valence-electron chi connectivity index (χ1n) is 7.59. The van der Waals surface area contributed by atoms with Gasteiger partial charge in [0.25, 0.3) is 10.9 Å². The number of benzene rings is 2. The van der Waals surface area contributed by atoms with E-state index in [1.807, 2.05) is 30.3 Å². The van der Waals surface area contributed by atoms with Gasteiger partial charge in [0.15, 0.2) is 5.82 Å². The number of hydrogen-bond donors (Lipinski definition) is 0. The van der Waals surface area contributed by atoms with Gasteiger partial charge in [-0.1, -0.05) is 48.5 Å². The van der Waals surface area contributed by atoms with Crippen molar-refractivity contribution in [2.75, 3.05) is 0 Å². The van der Waals surface area contributed by atoms with Gasteiger partial charge in [-0.3, -0.25) is 14.9 Å². The van der Waals surface area contributed by atoms with Crippen LogP contribution >= 0.6 is 11.6 Å². The quantitative estimate of drug-likeness (QED) is 0.374. The van der Waals surface area contributed by atoms with E-state index in [9.17, 15) is 14.9 Å². The number of nitro groups is 1. The zero-order chi connectivity index (χ0) is 18.5. The Bertz CT molecular complexity index is 1000. The molecule has 0 unspecified atom stereocenters. The summed E-state index contributed by atoms with van der Waals surface area (Å²) in [6.07, 6.45) is 4.59. The van der Waals surface area contributed by atoms with Crippen LogP contribution in [0.15, 0.2) is 60.8 Å². The highest BCUT2D eigenvalue weighted by atomic mass is 35.5. The highest BCUT2D eigenvalue weighted by molar-refractivity contribution is 6.68. The fourth-order valence-electron chi connectivity index (χ4n) is 2.32. The minimum Gasteiger partial charge on any atom is -0.275 e. The monoisotopic (exact) mass is 365 g/mol. The first-order valence-corrected chi connectivity index (χ1v) is 7.97. The van der Waals surface area contributed by atoms with E-state index >= 15 is 0 Å². The van der Waals surface area contributed by atoms with Crippen molar-refractivity contribution in [2.24, 2.45) is 0 Å². The second-order valence-electron chi connectivity index (χ2n) is 5.32. The molecule has 0 aliphatic carbocycles. The summed E-state index contributed by atoms with van der Waals surface area (Å²) >= 11 is 5.61. The van der Waals surface area contributed by atoms with E-state index < -0.39 is 10.2 Å². The molecular formula is C19H12ClN3O3. The number of non-ortho nitro benzene ring substituents is 1. The largest absolute Gasteiger partial charge is 0.275 e. The minimum atomic E-state index is -0.677. The molecule has 0 saturated carbocycles. The van der Waals surface area contributed by atoms with Crippen molar-refractivity contribution in [3.8, 4) is 11.4 Å². The van der Waals surface area contributed by atoms with Crippen LogP contribution in [0.1, 0.15) is 21.6 Å². The van der Waals surface area contributed by atoms with Gasteiger partial charge >= 0.3 is 0 Å². The van der Waals surface area contributed by atoms with E-state index in [2.05, 4.69) is 9.97 Å². The smallest absolute Gasteiger partial charge is 0.270 e. The van der Waals surface area contributed by atoms with Crippen molar-refractivity contribution in [1.82, 2.24) is 9.97 Å². The Hall–Kier alpha value is -3.38. The Balaban J connectivity index is 2.01. The Morgan fingerprint density at radius 2 is 1.85 bits per heavy atom. The van der Waals surface area contributed by atoms with Crippen LogP contribution in [0.5, 0.6) is 0 Å².